The molecule has 0 unspecified atom stereocenters. The van der Waals surface area contributed by atoms with Crippen LogP contribution in [-0.4, -0.2) is 27.9 Å². The minimum absolute atomic E-state index is 0.0822. The Hall–Kier alpha value is -1.27. The maximum Gasteiger partial charge on any atom is 0.209 e. The topological polar surface area (TPSA) is 78.6 Å². The number of aryl methyl sites for hydroxylation is 1. The number of primary sulfonamides is 1. The van der Waals surface area contributed by atoms with Crippen molar-refractivity contribution in [1.82, 2.24) is 0 Å². The van der Waals surface area contributed by atoms with Crippen molar-refractivity contribution in [3.63, 3.8) is 0 Å². The molecule has 0 spiro atoms. The fourth-order valence-electron chi connectivity index (χ4n) is 1.34. The van der Waals surface area contributed by atoms with Crippen molar-refractivity contribution in [2.75, 3.05) is 19.5 Å². The highest BCUT2D eigenvalue weighted by Crippen LogP contribution is 2.27. The van der Waals surface area contributed by atoms with E-state index in [0.717, 1.165) is 5.56 Å². The van der Waals surface area contributed by atoms with Crippen LogP contribution in [0.3, 0.4) is 0 Å². The zero-order valence-electron chi connectivity index (χ0n) is 9.97. The predicted molar refractivity (Wildman–Crippen MR) is 65.8 cm³/mol. The van der Waals surface area contributed by atoms with Crippen LogP contribution in [0.1, 0.15) is 12.0 Å². The molecule has 0 aliphatic heterocycles. The third-order valence-electron chi connectivity index (χ3n) is 2.15. The van der Waals surface area contributed by atoms with E-state index in [0.29, 0.717) is 17.9 Å². The fourth-order valence-corrected chi connectivity index (χ4v) is 1.86. The average molecular weight is 259 g/mol. The van der Waals surface area contributed by atoms with Crippen LogP contribution in [0.5, 0.6) is 11.5 Å². The van der Waals surface area contributed by atoms with Crippen LogP contribution in [0.25, 0.3) is 0 Å². The van der Waals surface area contributed by atoms with Crippen molar-refractivity contribution < 1.29 is 17.9 Å². The van der Waals surface area contributed by atoms with Crippen molar-refractivity contribution >= 4 is 10.0 Å². The van der Waals surface area contributed by atoms with Gasteiger partial charge >= 0.3 is 0 Å². The molecule has 0 saturated carbocycles. The Labute approximate surface area is 102 Å². The Bertz CT molecular complexity index is 470. The third kappa shape index (κ3) is 5.06. The minimum Gasteiger partial charge on any atom is -0.493 e. The number of rotatable bonds is 6. The van der Waals surface area contributed by atoms with Gasteiger partial charge in [0.15, 0.2) is 11.5 Å². The first-order chi connectivity index (χ1) is 7.92. The smallest absolute Gasteiger partial charge is 0.209 e. The first kappa shape index (κ1) is 13.8. The lowest BCUT2D eigenvalue weighted by atomic mass is 10.2. The molecule has 0 aromatic heterocycles. The quantitative estimate of drug-likeness (QED) is 0.775. The summed E-state index contributed by atoms with van der Waals surface area (Å²) in [5, 5.41) is 4.88. The lowest BCUT2D eigenvalue weighted by Gasteiger charge is -2.10. The van der Waals surface area contributed by atoms with Crippen LogP contribution >= 0.6 is 0 Å². The number of nitrogens with two attached hydrogens (primary N) is 1. The number of benzene rings is 1. The molecule has 5 nitrogen and oxygen atoms in total. The van der Waals surface area contributed by atoms with Gasteiger partial charge in [0.05, 0.1) is 19.5 Å². The van der Waals surface area contributed by atoms with Crippen molar-refractivity contribution in [3.05, 3.63) is 23.8 Å². The monoisotopic (exact) mass is 259 g/mol. The minimum atomic E-state index is -3.41. The molecule has 0 aliphatic carbocycles. The molecule has 0 aliphatic rings. The second-order valence-corrected chi connectivity index (χ2v) is 5.46. The standard InChI is InChI=1S/C11H17NO4S/c1-9-4-5-10(11(8-9)15-2)16-6-3-7-17(12,13)14/h4-5,8H,3,6-7H2,1-2H3,(H2,12,13,14). The fraction of sp³-hybridized carbons (Fsp3) is 0.455. The van der Waals surface area contributed by atoms with Gasteiger partial charge in [-0.1, -0.05) is 6.07 Å². The molecule has 0 saturated heterocycles. The van der Waals surface area contributed by atoms with E-state index in [9.17, 15) is 8.42 Å². The predicted octanol–water partition coefficient (Wildman–Crippen LogP) is 1.06. The number of hydrogen-bond donors (Lipinski definition) is 1. The molecular weight excluding hydrogens is 242 g/mol. The van der Waals surface area contributed by atoms with Crippen molar-refractivity contribution in [2.24, 2.45) is 5.14 Å². The van der Waals surface area contributed by atoms with Gasteiger partial charge in [-0.05, 0) is 31.0 Å². The zero-order valence-corrected chi connectivity index (χ0v) is 10.8. The van der Waals surface area contributed by atoms with Crippen LogP contribution in [0.15, 0.2) is 18.2 Å². The Morgan fingerprint density at radius 1 is 1.29 bits per heavy atom. The summed E-state index contributed by atoms with van der Waals surface area (Å²) in [6.07, 6.45) is 0.357. The van der Waals surface area contributed by atoms with E-state index in [2.05, 4.69) is 0 Å². The van der Waals surface area contributed by atoms with Crippen molar-refractivity contribution in [1.29, 1.82) is 0 Å². The number of methoxy groups -OCH3 is 1. The molecule has 0 amide bonds. The lowest BCUT2D eigenvalue weighted by Crippen LogP contribution is -2.18. The second-order valence-electron chi connectivity index (χ2n) is 3.72. The Morgan fingerprint density at radius 3 is 2.59 bits per heavy atom. The summed E-state index contributed by atoms with van der Waals surface area (Å²) in [7, 11) is -1.85. The molecule has 0 fully saturated rings. The van der Waals surface area contributed by atoms with Crippen molar-refractivity contribution in [2.45, 2.75) is 13.3 Å². The zero-order chi connectivity index (χ0) is 12.9. The van der Waals surface area contributed by atoms with E-state index in [-0.39, 0.29) is 12.4 Å². The van der Waals surface area contributed by atoms with E-state index in [4.69, 9.17) is 14.6 Å². The largest absolute Gasteiger partial charge is 0.493 e. The normalized spacial score (nSPS) is 11.2. The molecule has 1 rings (SSSR count). The maximum absolute atomic E-state index is 10.7. The Morgan fingerprint density at radius 2 is 2.00 bits per heavy atom. The van der Waals surface area contributed by atoms with Gasteiger partial charge in [-0.2, -0.15) is 0 Å². The first-order valence-electron chi connectivity index (χ1n) is 5.20. The van der Waals surface area contributed by atoms with Crippen LogP contribution in [0.4, 0.5) is 0 Å². The van der Waals surface area contributed by atoms with Gasteiger partial charge in [0.25, 0.3) is 0 Å². The summed E-state index contributed by atoms with van der Waals surface area (Å²) in [4.78, 5) is 0. The maximum atomic E-state index is 10.7. The molecule has 1 aromatic rings. The second kappa shape index (κ2) is 5.88. The summed E-state index contributed by atoms with van der Waals surface area (Å²) in [5.74, 6) is 1.16. The Kier molecular flexibility index (Phi) is 4.77. The van der Waals surface area contributed by atoms with E-state index in [1.54, 1.807) is 13.2 Å². The van der Waals surface area contributed by atoms with Crippen LogP contribution in [0.2, 0.25) is 0 Å². The SMILES string of the molecule is COc1cc(C)ccc1OCCCS(N)(=O)=O. The van der Waals surface area contributed by atoms with Gasteiger partial charge in [0, 0.05) is 0 Å². The molecule has 0 radical (unpaired) electrons. The van der Waals surface area contributed by atoms with Gasteiger partial charge in [-0.25, -0.2) is 13.6 Å². The Balaban J connectivity index is 2.52. The molecule has 0 bridgehead atoms. The highest BCUT2D eigenvalue weighted by molar-refractivity contribution is 7.89. The van der Waals surface area contributed by atoms with Gasteiger partial charge in [-0.3, -0.25) is 0 Å². The van der Waals surface area contributed by atoms with Gasteiger partial charge < -0.3 is 9.47 Å². The van der Waals surface area contributed by atoms with Gasteiger partial charge in [0.2, 0.25) is 10.0 Å². The molecule has 17 heavy (non-hydrogen) atoms. The van der Waals surface area contributed by atoms with Crippen LogP contribution < -0.4 is 14.6 Å². The number of ether oxygens (including phenoxy) is 2. The summed E-state index contributed by atoms with van der Waals surface area (Å²) >= 11 is 0. The molecular formula is C11H17NO4S. The highest BCUT2D eigenvalue weighted by atomic mass is 32.2. The van der Waals surface area contributed by atoms with E-state index >= 15 is 0 Å². The third-order valence-corrected chi connectivity index (χ3v) is 3.01. The molecule has 0 atom stereocenters. The average Bonchev–Trinajstić information content (AvgIpc) is 2.24. The molecule has 0 heterocycles. The van der Waals surface area contributed by atoms with E-state index < -0.39 is 10.0 Å². The van der Waals surface area contributed by atoms with Gasteiger partial charge in [0.1, 0.15) is 0 Å². The summed E-state index contributed by atoms with van der Waals surface area (Å²) < 4.78 is 32.0. The summed E-state index contributed by atoms with van der Waals surface area (Å²) in [6, 6.07) is 5.55. The summed E-state index contributed by atoms with van der Waals surface area (Å²) in [6.45, 7) is 2.24. The lowest BCUT2D eigenvalue weighted by molar-refractivity contribution is 0.294. The first-order valence-corrected chi connectivity index (χ1v) is 6.92. The molecule has 96 valence electrons. The van der Waals surface area contributed by atoms with Gasteiger partial charge in [-0.15, -0.1) is 0 Å². The highest BCUT2D eigenvalue weighted by Gasteiger charge is 2.06. The van der Waals surface area contributed by atoms with E-state index in [1.165, 1.54) is 0 Å². The van der Waals surface area contributed by atoms with E-state index in [1.807, 2.05) is 19.1 Å². The van der Waals surface area contributed by atoms with Crippen LogP contribution in [-0.2, 0) is 10.0 Å². The summed E-state index contributed by atoms with van der Waals surface area (Å²) in [5.41, 5.74) is 1.07. The molecule has 6 heteroatoms. The number of sulfonamides is 1. The number of hydrogen-bond acceptors (Lipinski definition) is 4. The van der Waals surface area contributed by atoms with Crippen molar-refractivity contribution in [3.8, 4) is 11.5 Å². The van der Waals surface area contributed by atoms with Crippen LogP contribution in [0, 0.1) is 6.92 Å². The molecule has 1 aromatic carbocycles. The molecule has 2 N–H and O–H groups in total.